The lowest BCUT2D eigenvalue weighted by Gasteiger charge is -2.20. The number of benzene rings is 1. The van der Waals surface area contributed by atoms with Crippen LogP contribution in [0.3, 0.4) is 0 Å². The molecule has 0 spiro atoms. The maximum Gasteiger partial charge on any atom is 0.416 e. The minimum atomic E-state index is -4.56. The predicted octanol–water partition coefficient (Wildman–Crippen LogP) is 4.32. The minimum absolute atomic E-state index is 0.116. The summed E-state index contributed by atoms with van der Waals surface area (Å²) in [6, 6.07) is 6.53. The van der Waals surface area contributed by atoms with Crippen molar-refractivity contribution in [3.05, 3.63) is 47.7 Å². The molecule has 2 aromatic rings. The lowest BCUT2D eigenvalue weighted by Crippen LogP contribution is -2.43. The number of pyridine rings is 1. The van der Waals surface area contributed by atoms with Gasteiger partial charge in [0.2, 0.25) is 9.67 Å². The fourth-order valence-corrected chi connectivity index (χ4v) is 2.07. The maximum absolute atomic E-state index is 12.8. The van der Waals surface area contributed by atoms with Crippen molar-refractivity contribution in [2.75, 3.05) is 7.11 Å². The van der Waals surface area contributed by atoms with Crippen LogP contribution in [0.25, 0.3) is 0 Å². The van der Waals surface area contributed by atoms with Crippen molar-refractivity contribution in [3.8, 4) is 17.4 Å². The molecule has 28 heavy (non-hydrogen) atoms. The second kappa shape index (κ2) is 8.60. The van der Waals surface area contributed by atoms with Gasteiger partial charge in [0.15, 0.2) is 6.23 Å². The molecule has 1 amide bonds. The average molecular weight is 460 g/mol. The normalized spacial score (nSPS) is 13.0. The van der Waals surface area contributed by atoms with Gasteiger partial charge in [0.25, 0.3) is 5.91 Å². The molecule has 6 nitrogen and oxygen atoms in total. The summed E-state index contributed by atoms with van der Waals surface area (Å²) in [5.41, 5.74) is -1.22. The monoisotopic (exact) mass is 458 g/mol. The Balaban J connectivity index is 2.29. The second-order valence-corrected chi connectivity index (χ2v) is 7.64. The van der Waals surface area contributed by atoms with E-state index in [0.717, 1.165) is 18.2 Å². The van der Waals surface area contributed by atoms with Crippen LogP contribution in [0.15, 0.2) is 36.4 Å². The molecule has 1 heterocycles. The number of aromatic nitrogens is 1. The van der Waals surface area contributed by atoms with E-state index in [4.69, 9.17) is 44.3 Å². The van der Waals surface area contributed by atoms with Gasteiger partial charge in [-0.05, 0) is 18.2 Å². The smallest absolute Gasteiger partial charge is 0.416 e. The van der Waals surface area contributed by atoms with Crippen LogP contribution < -0.4 is 14.8 Å². The molecule has 0 saturated heterocycles. The first-order chi connectivity index (χ1) is 12.9. The molecule has 1 aromatic heterocycles. The molecule has 0 radical (unpaired) electrons. The summed E-state index contributed by atoms with van der Waals surface area (Å²) in [6.45, 7) is 0. The molecule has 0 bridgehead atoms. The number of nitrogens with one attached hydrogen (secondary N) is 1. The van der Waals surface area contributed by atoms with Crippen LogP contribution >= 0.6 is 34.8 Å². The summed E-state index contributed by atoms with van der Waals surface area (Å²) >= 11 is 16.4. The number of rotatable bonds is 5. The van der Waals surface area contributed by atoms with E-state index in [0.29, 0.717) is 0 Å². The molecule has 2 N–H and O–H groups in total. The lowest BCUT2D eigenvalue weighted by atomic mass is 10.2. The van der Waals surface area contributed by atoms with Gasteiger partial charge < -0.3 is 19.9 Å². The SMILES string of the molecule is COc1cc(Oc2cccc(C(F)(F)F)c2)nc(C(=O)NC(O)C(Cl)(Cl)Cl)c1. The van der Waals surface area contributed by atoms with Crippen molar-refractivity contribution < 1.29 is 32.5 Å². The topological polar surface area (TPSA) is 80.7 Å². The molecule has 1 unspecified atom stereocenters. The van der Waals surface area contributed by atoms with E-state index in [1.165, 1.54) is 25.3 Å². The third-order valence-electron chi connectivity index (χ3n) is 3.21. The zero-order valence-corrected chi connectivity index (χ0v) is 16.2. The zero-order chi connectivity index (χ0) is 21.1. The van der Waals surface area contributed by atoms with E-state index in [2.05, 4.69) is 4.98 Å². The summed E-state index contributed by atoms with van der Waals surface area (Å²) < 4.78 is 46.6. The van der Waals surface area contributed by atoms with Gasteiger partial charge in [-0.25, -0.2) is 4.98 Å². The highest BCUT2D eigenvalue weighted by molar-refractivity contribution is 6.68. The van der Waals surface area contributed by atoms with Gasteiger partial charge in [-0.15, -0.1) is 0 Å². The van der Waals surface area contributed by atoms with Crippen LogP contribution in [0.1, 0.15) is 16.1 Å². The molecule has 0 aliphatic carbocycles. The number of amides is 1. The van der Waals surface area contributed by atoms with Crippen molar-refractivity contribution in [1.29, 1.82) is 0 Å². The number of ether oxygens (including phenoxy) is 2. The van der Waals surface area contributed by atoms with Crippen LogP contribution in [0.5, 0.6) is 17.4 Å². The number of hydrogen-bond acceptors (Lipinski definition) is 5. The summed E-state index contributed by atoms with van der Waals surface area (Å²) in [7, 11) is 1.29. The third kappa shape index (κ3) is 6.03. The molecule has 1 aromatic carbocycles. The quantitative estimate of drug-likeness (QED) is 0.514. The highest BCUT2D eigenvalue weighted by Gasteiger charge is 2.33. The first kappa shape index (κ1) is 22.4. The summed E-state index contributed by atoms with van der Waals surface area (Å²) in [6.07, 6.45) is -6.40. The fraction of sp³-hybridized carbons (Fsp3) is 0.250. The van der Waals surface area contributed by atoms with Crippen molar-refractivity contribution in [2.45, 2.75) is 16.2 Å². The highest BCUT2D eigenvalue weighted by Crippen LogP contribution is 2.33. The Kier molecular flexibility index (Phi) is 6.87. The number of methoxy groups -OCH3 is 1. The summed E-state index contributed by atoms with van der Waals surface area (Å²) in [4.78, 5) is 16.1. The van der Waals surface area contributed by atoms with Crippen LogP contribution in [0, 0.1) is 0 Å². The molecule has 0 saturated carbocycles. The average Bonchev–Trinajstić information content (AvgIpc) is 2.60. The van der Waals surface area contributed by atoms with Crippen LogP contribution in [0.2, 0.25) is 0 Å². The van der Waals surface area contributed by atoms with E-state index in [-0.39, 0.29) is 23.1 Å². The van der Waals surface area contributed by atoms with Gasteiger partial charge in [-0.2, -0.15) is 13.2 Å². The predicted molar refractivity (Wildman–Crippen MR) is 96.1 cm³/mol. The molecule has 0 fully saturated rings. The number of alkyl halides is 6. The molecule has 0 aliphatic rings. The lowest BCUT2D eigenvalue weighted by molar-refractivity contribution is -0.137. The first-order valence-corrected chi connectivity index (χ1v) is 8.50. The Labute approximate surface area is 172 Å². The molecule has 2 rings (SSSR count). The number of carbonyl (C=O) groups excluding carboxylic acids is 1. The number of aliphatic hydroxyl groups is 1. The largest absolute Gasteiger partial charge is 0.496 e. The third-order valence-corrected chi connectivity index (χ3v) is 3.83. The van der Waals surface area contributed by atoms with Crippen LogP contribution in [-0.4, -0.2) is 33.1 Å². The Morgan fingerprint density at radius 3 is 2.43 bits per heavy atom. The van der Waals surface area contributed by atoms with Crippen molar-refractivity contribution in [2.24, 2.45) is 0 Å². The standard InChI is InChI=1S/C16H12Cl3F3N2O4/c1-27-10-6-11(13(25)24-14(26)15(17,18)19)23-12(7-10)28-9-4-2-3-8(5-9)16(20,21)22/h2-7,14,26H,1H3,(H,24,25). The Hall–Kier alpha value is -1.94. The van der Waals surface area contributed by atoms with E-state index < -0.39 is 27.7 Å². The Morgan fingerprint density at radius 1 is 1.18 bits per heavy atom. The van der Waals surface area contributed by atoms with Crippen LogP contribution in [0.4, 0.5) is 13.2 Å². The zero-order valence-electron chi connectivity index (χ0n) is 13.9. The van der Waals surface area contributed by atoms with E-state index in [1.54, 1.807) is 0 Å². The number of carbonyl (C=O) groups is 1. The number of nitrogens with zero attached hydrogens (tertiary/aromatic N) is 1. The molecule has 12 heteroatoms. The van der Waals surface area contributed by atoms with Gasteiger partial charge in [-0.1, -0.05) is 40.9 Å². The Morgan fingerprint density at radius 2 is 1.86 bits per heavy atom. The number of aliphatic hydroxyl groups excluding tert-OH is 1. The fourth-order valence-electron chi connectivity index (χ4n) is 1.90. The number of halogens is 6. The van der Waals surface area contributed by atoms with Crippen LogP contribution in [-0.2, 0) is 6.18 Å². The highest BCUT2D eigenvalue weighted by atomic mass is 35.6. The van der Waals surface area contributed by atoms with Crippen molar-refractivity contribution in [1.82, 2.24) is 10.3 Å². The molecule has 1 atom stereocenters. The molecular weight excluding hydrogens is 448 g/mol. The first-order valence-electron chi connectivity index (χ1n) is 7.37. The van der Waals surface area contributed by atoms with Gasteiger partial charge in [-0.3, -0.25) is 4.79 Å². The second-order valence-electron chi connectivity index (χ2n) is 5.28. The van der Waals surface area contributed by atoms with E-state index >= 15 is 0 Å². The van der Waals surface area contributed by atoms with Gasteiger partial charge in [0.05, 0.1) is 12.7 Å². The van der Waals surface area contributed by atoms with Crippen molar-refractivity contribution in [3.63, 3.8) is 0 Å². The molecule has 152 valence electrons. The van der Waals surface area contributed by atoms with Crippen molar-refractivity contribution >= 4 is 40.7 Å². The van der Waals surface area contributed by atoms with E-state index in [1.807, 2.05) is 5.32 Å². The Bertz CT molecular complexity index is 860. The number of hydrogen-bond donors (Lipinski definition) is 2. The van der Waals surface area contributed by atoms with Gasteiger partial charge >= 0.3 is 6.18 Å². The summed E-state index contributed by atoms with van der Waals surface area (Å²) in [5.74, 6) is -1.22. The van der Waals surface area contributed by atoms with Gasteiger partial charge in [0, 0.05) is 12.1 Å². The molecular formula is C16H12Cl3F3N2O4. The minimum Gasteiger partial charge on any atom is -0.496 e. The van der Waals surface area contributed by atoms with Gasteiger partial charge in [0.1, 0.15) is 17.2 Å². The molecule has 0 aliphatic heterocycles. The maximum atomic E-state index is 12.8. The van der Waals surface area contributed by atoms with E-state index in [9.17, 15) is 23.1 Å². The summed E-state index contributed by atoms with van der Waals surface area (Å²) in [5, 5.41) is 11.6.